The van der Waals surface area contributed by atoms with Crippen molar-refractivity contribution in [2.75, 3.05) is 20.2 Å². The van der Waals surface area contributed by atoms with E-state index in [-0.39, 0.29) is 30.5 Å². The van der Waals surface area contributed by atoms with Crippen LogP contribution in [0.5, 0.6) is 0 Å². The highest BCUT2D eigenvalue weighted by Crippen LogP contribution is 2.19. The Morgan fingerprint density at radius 3 is 2.54 bits per heavy atom. The first-order valence-electron chi connectivity index (χ1n) is 8.98. The number of carbonyl (C=O) groups is 2. The molecule has 0 aliphatic heterocycles. The standard InChI is InChI=1S/C19H28N2O5/c1-4-5-6-9-12-20(14-15(2)19(23)26-3)18(22)13-16-10-7-8-11-17(16)21(24)25/h7-8,10-11,15H,4-6,9,12-14H2,1-3H3. The van der Waals surface area contributed by atoms with Gasteiger partial charge in [-0.05, 0) is 6.42 Å². The third-order valence-corrected chi connectivity index (χ3v) is 4.26. The zero-order valence-corrected chi connectivity index (χ0v) is 15.8. The lowest BCUT2D eigenvalue weighted by atomic mass is 10.1. The molecule has 1 unspecified atom stereocenters. The molecule has 0 saturated carbocycles. The molecule has 1 amide bonds. The predicted molar refractivity (Wildman–Crippen MR) is 98.7 cm³/mol. The van der Waals surface area contributed by atoms with Crippen molar-refractivity contribution in [2.24, 2.45) is 5.92 Å². The van der Waals surface area contributed by atoms with Crippen molar-refractivity contribution in [3.8, 4) is 0 Å². The number of rotatable bonds is 11. The molecular formula is C19H28N2O5. The van der Waals surface area contributed by atoms with Gasteiger partial charge in [0.05, 0.1) is 24.4 Å². The molecule has 0 radical (unpaired) electrons. The number of hydrogen-bond acceptors (Lipinski definition) is 5. The number of amides is 1. The summed E-state index contributed by atoms with van der Waals surface area (Å²) in [5.74, 6) is -1.03. The summed E-state index contributed by atoms with van der Waals surface area (Å²) < 4.78 is 4.74. The van der Waals surface area contributed by atoms with E-state index in [0.717, 1.165) is 25.7 Å². The van der Waals surface area contributed by atoms with Gasteiger partial charge < -0.3 is 9.64 Å². The van der Waals surface area contributed by atoms with Crippen LogP contribution < -0.4 is 0 Å². The Morgan fingerprint density at radius 1 is 1.23 bits per heavy atom. The fourth-order valence-corrected chi connectivity index (χ4v) is 2.77. The summed E-state index contributed by atoms with van der Waals surface area (Å²) in [6.07, 6.45) is 3.95. The predicted octanol–water partition coefficient (Wildman–Crippen LogP) is 3.36. The average molecular weight is 364 g/mol. The number of ether oxygens (including phenoxy) is 1. The molecule has 26 heavy (non-hydrogen) atoms. The zero-order valence-electron chi connectivity index (χ0n) is 15.8. The normalized spacial score (nSPS) is 11.7. The summed E-state index contributed by atoms with van der Waals surface area (Å²) in [5, 5.41) is 11.1. The number of methoxy groups -OCH3 is 1. The van der Waals surface area contributed by atoms with Crippen LogP contribution in [0.4, 0.5) is 5.69 Å². The molecule has 1 rings (SSSR count). The minimum atomic E-state index is -0.481. The zero-order chi connectivity index (χ0) is 19.5. The van der Waals surface area contributed by atoms with Crippen molar-refractivity contribution in [2.45, 2.75) is 46.0 Å². The first-order chi connectivity index (χ1) is 12.4. The first kappa shape index (κ1) is 21.6. The summed E-state index contributed by atoms with van der Waals surface area (Å²) in [6.45, 7) is 4.60. The van der Waals surface area contributed by atoms with Crippen molar-refractivity contribution >= 4 is 17.6 Å². The second-order valence-electron chi connectivity index (χ2n) is 6.39. The monoisotopic (exact) mass is 364 g/mol. The van der Waals surface area contributed by atoms with E-state index in [1.165, 1.54) is 13.2 Å². The number of benzene rings is 1. The van der Waals surface area contributed by atoms with E-state index in [2.05, 4.69) is 6.92 Å². The Kier molecular flexibility index (Phi) is 9.33. The number of nitrogens with zero attached hydrogens (tertiary/aromatic N) is 2. The van der Waals surface area contributed by atoms with Crippen molar-refractivity contribution in [1.82, 2.24) is 4.90 Å². The minimum Gasteiger partial charge on any atom is -0.469 e. The van der Waals surface area contributed by atoms with Gasteiger partial charge in [-0.2, -0.15) is 0 Å². The Morgan fingerprint density at radius 2 is 1.92 bits per heavy atom. The second kappa shape index (κ2) is 11.2. The minimum absolute atomic E-state index is 0.0567. The SMILES string of the molecule is CCCCCCN(CC(C)C(=O)OC)C(=O)Cc1ccccc1[N+](=O)[O-]. The van der Waals surface area contributed by atoms with E-state index in [4.69, 9.17) is 4.74 Å². The Labute approximate surface area is 154 Å². The van der Waals surface area contributed by atoms with Gasteiger partial charge in [0.2, 0.25) is 5.91 Å². The molecule has 0 aliphatic rings. The van der Waals surface area contributed by atoms with Gasteiger partial charge in [0, 0.05) is 24.7 Å². The van der Waals surface area contributed by atoms with E-state index in [1.807, 2.05) is 0 Å². The molecule has 0 spiro atoms. The van der Waals surface area contributed by atoms with Crippen LogP contribution in [-0.2, 0) is 20.7 Å². The number of unbranched alkanes of at least 4 members (excludes halogenated alkanes) is 3. The summed E-state index contributed by atoms with van der Waals surface area (Å²) >= 11 is 0. The lowest BCUT2D eigenvalue weighted by molar-refractivity contribution is -0.385. The van der Waals surface area contributed by atoms with E-state index in [1.54, 1.807) is 30.0 Å². The maximum absolute atomic E-state index is 12.7. The van der Waals surface area contributed by atoms with Gasteiger partial charge in [-0.1, -0.05) is 51.3 Å². The smallest absolute Gasteiger partial charge is 0.310 e. The molecule has 0 saturated heterocycles. The van der Waals surface area contributed by atoms with Gasteiger partial charge in [-0.25, -0.2) is 0 Å². The molecule has 0 aromatic heterocycles. The van der Waals surface area contributed by atoms with Crippen molar-refractivity contribution in [1.29, 1.82) is 0 Å². The van der Waals surface area contributed by atoms with Crippen LogP contribution >= 0.6 is 0 Å². The molecule has 1 atom stereocenters. The highest BCUT2D eigenvalue weighted by atomic mass is 16.6. The van der Waals surface area contributed by atoms with Gasteiger partial charge >= 0.3 is 5.97 Å². The van der Waals surface area contributed by atoms with Gasteiger partial charge in [0.15, 0.2) is 0 Å². The van der Waals surface area contributed by atoms with E-state index >= 15 is 0 Å². The van der Waals surface area contributed by atoms with Gasteiger partial charge in [-0.15, -0.1) is 0 Å². The van der Waals surface area contributed by atoms with Gasteiger partial charge in [0.25, 0.3) is 5.69 Å². The topological polar surface area (TPSA) is 89.8 Å². The lowest BCUT2D eigenvalue weighted by Crippen LogP contribution is -2.39. The highest BCUT2D eigenvalue weighted by molar-refractivity contribution is 5.81. The van der Waals surface area contributed by atoms with Crippen molar-refractivity contribution < 1.29 is 19.2 Å². The first-order valence-corrected chi connectivity index (χ1v) is 8.98. The average Bonchev–Trinajstić information content (AvgIpc) is 2.63. The Hall–Kier alpha value is -2.44. The van der Waals surface area contributed by atoms with Crippen LogP contribution in [-0.4, -0.2) is 41.9 Å². The molecule has 0 aliphatic carbocycles. The Balaban J connectivity index is 2.85. The summed E-state index contributed by atoms with van der Waals surface area (Å²) in [7, 11) is 1.32. The summed E-state index contributed by atoms with van der Waals surface area (Å²) in [6, 6.07) is 6.24. The molecule has 7 nitrogen and oxygen atoms in total. The third-order valence-electron chi connectivity index (χ3n) is 4.26. The van der Waals surface area contributed by atoms with E-state index in [0.29, 0.717) is 12.1 Å². The largest absolute Gasteiger partial charge is 0.469 e. The second-order valence-corrected chi connectivity index (χ2v) is 6.39. The van der Waals surface area contributed by atoms with Gasteiger partial charge in [0.1, 0.15) is 0 Å². The number of para-hydroxylation sites is 1. The van der Waals surface area contributed by atoms with Crippen LogP contribution in [0, 0.1) is 16.0 Å². The number of nitro benzene ring substituents is 1. The molecular weight excluding hydrogens is 336 g/mol. The molecule has 0 heterocycles. The summed E-state index contributed by atoms with van der Waals surface area (Å²) in [5.41, 5.74) is 0.319. The Bertz CT molecular complexity index is 618. The summed E-state index contributed by atoms with van der Waals surface area (Å²) in [4.78, 5) is 36.7. The molecule has 1 aromatic carbocycles. The molecule has 1 aromatic rings. The van der Waals surface area contributed by atoms with Crippen LogP contribution in [0.2, 0.25) is 0 Å². The molecule has 0 fully saturated rings. The molecule has 0 bridgehead atoms. The molecule has 7 heteroatoms. The van der Waals surface area contributed by atoms with Crippen LogP contribution in [0.3, 0.4) is 0 Å². The van der Waals surface area contributed by atoms with Crippen LogP contribution in [0.1, 0.15) is 45.1 Å². The van der Waals surface area contributed by atoms with E-state index in [9.17, 15) is 19.7 Å². The number of nitro groups is 1. The number of hydrogen-bond donors (Lipinski definition) is 0. The quantitative estimate of drug-likeness (QED) is 0.260. The van der Waals surface area contributed by atoms with Gasteiger partial charge in [-0.3, -0.25) is 19.7 Å². The molecule has 0 N–H and O–H groups in total. The van der Waals surface area contributed by atoms with Crippen LogP contribution in [0.25, 0.3) is 0 Å². The van der Waals surface area contributed by atoms with Crippen molar-refractivity contribution in [3.05, 3.63) is 39.9 Å². The number of carbonyl (C=O) groups excluding carboxylic acids is 2. The molecule has 144 valence electrons. The lowest BCUT2D eigenvalue weighted by Gasteiger charge is -2.25. The van der Waals surface area contributed by atoms with Crippen LogP contribution in [0.15, 0.2) is 24.3 Å². The number of esters is 1. The highest BCUT2D eigenvalue weighted by Gasteiger charge is 2.23. The third kappa shape index (κ3) is 6.82. The maximum Gasteiger partial charge on any atom is 0.310 e. The fourth-order valence-electron chi connectivity index (χ4n) is 2.77. The van der Waals surface area contributed by atoms with Crippen molar-refractivity contribution in [3.63, 3.8) is 0 Å². The van der Waals surface area contributed by atoms with E-state index < -0.39 is 10.8 Å². The maximum atomic E-state index is 12.7. The fraction of sp³-hybridized carbons (Fsp3) is 0.579.